The predicted molar refractivity (Wildman–Crippen MR) is 99.8 cm³/mol. The van der Waals surface area contributed by atoms with Crippen molar-refractivity contribution in [1.82, 2.24) is 20.0 Å². The molecule has 0 spiro atoms. The van der Waals surface area contributed by atoms with Crippen molar-refractivity contribution in [3.63, 3.8) is 0 Å². The Kier molecular flexibility index (Phi) is 4.51. The number of hydrogen-bond acceptors (Lipinski definition) is 5. The van der Waals surface area contributed by atoms with Crippen molar-refractivity contribution in [3.05, 3.63) is 71.0 Å². The minimum atomic E-state index is 0.666. The van der Waals surface area contributed by atoms with Crippen molar-refractivity contribution in [2.45, 2.75) is 16.6 Å². The molecule has 120 valence electrons. The van der Waals surface area contributed by atoms with Crippen molar-refractivity contribution >= 4 is 44.9 Å². The molecule has 0 bridgehead atoms. The van der Waals surface area contributed by atoms with Gasteiger partial charge in [-0.25, -0.2) is 9.67 Å². The van der Waals surface area contributed by atoms with E-state index in [4.69, 9.17) is 11.6 Å². The lowest BCUT2D eigenvalue weighted by Gasteiger charge is -2.00. The number of benzene rings is 2. The normalized spacial score (nSPS) is 11.2. The molecule has 2 aromatic carbocycles. The first kappa shape index (κ1) is 15.6. The summed E-state index contributed by atoms with van der Waals surface area (Å²) in [6, 6.07) is 16.0. The topological polar surface area (TPSA) is 43.6 Å². The highest BCUT2D eigenvalue weighted by Crippen LogP contribution is 2.30. The lowest BCUT2D eigenvalue weighted by atomic mass is 10.2. The molecule has 0 unspecified atom stereocenters. The van der Waals surface area contributed by atoms with Crippen LogP contribution in [0.3, 0.4) is 0 Å². The maximum atomic E-state index is 6.01. The van der Waals surface area contributed by atoms with E-state index in [1.165, 1.54) is 4.70 Å². The van der Waals surface area contributed by atoms with Gasteiger partial charge >= 0.3 is 0 Å². The van der Waals surface area contributed by atoms with E-state index in [0.717, 1.165) is 31.9 Å². The fourth-order valence-electron chi connectivity index (χ4n) is 2.35. The Balaban J connectivity index is 1.41. The van der Waals surface area contributed by atoms with E-state index in [1.54, 1.807) is 23.1 Å². The number of halogens is 1. The van der Waals surface area contributed by atoms with Gasteiger partial charge in [-0.15, -0.1) is 16.4 Å². The van der Waals surface area contributed by atoms with Gasteiger partial charge in [0.05, 0.1) is 22.5 Å². The Morgan fingerprint density at radius 1 is 1.12 bits per heavy atom. The predicted octanol–water partition coefficient (Wildman–Crippen LogP) is 4.88. The molecule has 0 aliphatic rings. The summed E-state index contributed by atoms with van der Waals surface area (Å²) in [5.41, 5.74) is 3.11. The molecule has 0 aliphatic heterocycles. The summed E-state index contributed by atoms with van der Waals surface area (Å²) in [6.45, 7) is 0.666. The second kappa shape index (κ2) is 6.93. The first-order valence-electron chi connectivity index (χ1n) is 7.38. The summed E-state index contributed by atoms with van der Waals surface area (Å²) in [5, 5.41) is 9.16. The maximum absolute atomic E-state index is 6.01. The highest BCUT2D eigenvalue weighted by Gasteiger charge is 2.07. The van der Waals surface area contributed by atoms with Gasteiger partial charge in [0.2, 0.25) is 0 Å². The fourth-order valence-corrected chi connectivity index (χ4v) is 4.51. The highest BCUT2D eigenvalue weighted by atomic mass is 35.5. The van der Waals surface area contributed by atoms with Gasteiger partial charge in [0.25, 0.3) is 0 Å². The molecule has 0 amide bonds. The average Bonchev–Trinajstić information content (AvgIpc) is 3.19. The third-order valence-electron chi connectivity index (χ3n) is 3.44. The lowest BCUT2D eigenvalue weighted by Crippen LogP contribution is -2.00. The molecule has 0 N–H and O–H groups in total. The van der Waals surface area contributed by atoms with E-state index in [9.17, 15) is 0 Å². The van der Waals surface area contributed by atoms with Crippen LogP contribution in [0.4, 0.5) is 0 Å². The van der Waals surface area contributed by atoms with Crippen molar-refractivity contribution in [3.8, 4) is 0 Å². The van der Waals surface area contributed by atoms with Crippen LogP contribution in [0.5, 0.6) is 0 Å². The Morgan fingerprint density at radius 2 is 2.04 bits per heavy atom. The smallest absolute Gasteiger partial charge is 0.151 e. The fraction of sp³-hybridized carbons (Fsp3) is 0.118. The number of aromatic nitrogens is 4. The molecular formula is C17H13ClN4S2. The summed E-state index contributed by atoms with van der Waals surface area (Å²) < 4.78 is 4.10. The number of rotatable bonds is 5. The summed E-state index contributed by atoms with van der Waals surface area (Å²) in [6.07, 6.45) is 1.97. The second-order valence-electron chi connectivity index (χ2n) is 5.27. The number of thiazole rings is 1. The van der Waals surface area contributed by atoms with Crippen LogP contribution in [-0.4, -0.2) is 20.0 Å². The van der Waals surface area contributed by atoms with Crippen molar-refractivity contribution < 1.29 is 0 Å². The Labute approximate surface area is 152 Å². The molecular weight excluding hydrogens is 360 g/mol. The molecule has 7 heteroatoms. The molecule has 4 rings (SSSR count). The van der Waals surface area contributed by atoms with Gasteiger partial charge in [0, 0.05) is 17.0 Å². The molecule has 0 radical (unpaired) electrons. The third-order valence-corrected chi connectivity index (χ3v) is 5.89. The quantitative estimate of drug-likeness (QED) is 0.468. The Bertz CT molecular complexity index is 946. The van der Waals surface area contributed by atoms with Crippen molar-refractivity contribution in [2.24, 2.45) is 0 Å². The van der Waals surface area contributed by atoms with Crippen LogP contribution in [0.25, 0.3) is 10.2 Å². The molecule has 0 atom stereocenters. The summed E-state index contributed by atoms with van der Waals surface area (Å²) in [4.78, 5) is 4.62. The molecule has 2 aromatic heterocycles. The minimum absolute atomic E-state index is 0.666. The van der Waals surface area contributed by atoms with Crippen LogP contribution in [0.15, 0.2) is 59.1 Å². The number of thioether (sulfide) groups is 1. The van der Waals surface area contributed by atoms with E-state index in [1.807, 2.05) is 53.3 Å². The van der Waals surface area contributed by atoms with Crippen LogP contribution < -0.4 is 0 Å². The van der Waals surface area contributed by atoms with Crippen molar-refractivity contribution in [1.29, 1.82) is 0 Å². The monoisotopic (exact) mass is 372 g/mol. The van der Waals surface area contributed by atoms with Crippen molar-refractivity contribution in [2.75, 3.05) is 0 Å². The number of hydrogen-bond donors (Lipinski definition) is 0. The van der Waals surface area contributed by atoms with Crippen LogP contribution >= 0.6 is 34.7 Å². The van der Waals surface area contributed by atoms with Crippen LogP contribution in [0.2, 0.25) is 5.02 Å². The third kappa shape index (κ3) is 3.61. The van der Waals surface area contributed by atoms with E-state index in [-0.39, 0.29) is 0 Å². The lowest BCUT2D eigenvalue weighted by molar-refractivity contribution is 0.649. The number of nitrogens with zero attached hydrogens (tertiary/aromatic N) is 4. The first-order chi connectivity index (χ1) is 11.8. The zero-order valence-corrected chi connectivity index (χ0v) is 15.0. The maximum Gasteiger partial charge on any atom is 0.151 e. The van der Waals surface area contributed by atoms with E-state index in [0.29, 0.717) is 6.54 Å². The molecule has 24 heavy (non-hydrogen) atoms. The van der Waals surface area contributed by atoms with Gasteiger partial charge in [-0.2, -0.15) is 0 Å². The summed E-state index contributed by atoms with van der Waals surface area (Å²) in [5.74, 6) is 0.759. The van der Waals surface area contributed by atoms with Crippen LogP contribution in [-0.2, 0) is 12.3 Å². The Hall–Kier alpha value is -1.89. The highest BCUT2D eigenvalue weighted by molar-refractivity contribution is 8.00. The van der Waals surface area contributed by atoms with Crippen LogP contribution in [0.1, 0.15) is 11.3 Å². The van der Waals surface area contributed by atoms with Crippen LogP contribution in [0, 0.1) is 0 Å². The standard InChI is InChI=1S/C17H13ClN4S2/c18-13-5-3-4-12(8-13)9-22-10-14(20-21-22)11-23-17-19-15-6-1-2-7-16(15)24-17/h1-8,10H,9,11H2. The number of para-hydroxylation sites is 1. The number of fused-ring (bicyclic) bond motifs is 1. The summed E-state index contributed by atoms with van der Waals surface area (Å²) >= 11 is 9.41. The molecule has 0 fully saturated rings. The summed E-state index contributed by atoms with van der Waals surface area (Å²) in [7, 11) is 0. The first-order valence-corrected chi connectivity index (χ1v) is 9.56. The van der Waals surface area contributed by atoms with Gasteiger partial charge in [0.15, 0.2) is 4.34 Å². The van der Waals surface area contributed by atoms with Gasteiger partial charge in [0.1, 0.15) is 0 Å². The molecule has 2 heterocycles. The molecule has 4 aromatic rings. The van der Waals surface area contributed by atoms with E-state index in [2.05, 4.69) is 21.4 Å². The largest absolute Gasteiger partial charge is 0.248 e. The molecule has 0 saturated heterocycles. The molecule has 0 aliphatic carbocycles. The minimum Gasteiger partial charge on any atom is -0.248 e. The zero-order chi connectivity index (χ0) is 16.4. The van der Waals surface area contributed by atoms with Gasteiger partial charge in [-0.05, 0) is 29.8 Å². The SMILES string of the molecule is Clc1cccc(Cn2cc(CSc3nc4ccccc4s3)nn2)c1. The average molecular weight is 373 g/mol. The second-order valence-corrected chi connectivity index (χ2v) is 7.96. The van der Waals surface area contributed by atoms with Gasteiger partial charge < -0.3 is 0 Å². The van der Waals surface area contributed by atoms with E-state index < -0.39 is 0 Å². The molecule has 0 saturated carbocycles. The Morgan fingerprint density at radius 3 is 2.92 bits per heavy atom. The van der Waals surface area contributed by atoms with Gasteiger partial charge in [-0.3, -0.25) is 0 Å². The van der Waals surface area contributed by atoms with Gasteiger partial charge in [-0.1, -0.05) is 52.8 Å². The van der Waals surface area contributed by atoms with E-state index >= 15 is 0 Å². The zero-order valence-electron chi connectivity index (χ0n) is 12.6. The molecule has 4 nitrogen and oxygen atoms in total.